The van der Waals surface area contributed by atoms with Gasteiger partial charge in [-0.05, 0) is 32.6 Å². The number of rotatable bonds is 5. The molecule has 23 heavy (non-hydrogen) atoms. The first-order valence-electron chi connectivity index (χ1n) is 8.00. The van der Waals surface area contributed by atoms with Crippen LogP contribution in [0.5, 0.6) is 0 Å². The van der Waals surface area contributed by atoms with Crippen LogP contribution in [0, 0.1) is 19.8 Å². The van der Waals surface area contributed by atoms with E-state index in [0.29, 0.717) is 12.5 Å². The van der Waals surface area contributed by atoms with Gasteiger partial charge in [0.25, 0.3) is 0 Å². The van der Waals surface area contributed by atoms with Crippen LogP contribution >= 0.6 is 11.3 Å². The summed E-state index contributed by atoms with van der Waals surface area (Å²) < 4.78 is 0. The summed E-state index contributed by atoms with van der Waals surface area (Å²) in [6.07, 6.45) is 3.78. The van der Waals surface area contributed by atoms with Crippen molar-refractivity contribution in [2.45, 2.75) is 33.2 Å². The van der Waals surface area contributed by atoms with Crippen LogP contribution in [0.1, 0.15) is 28.4 Å². The van der Waals surface area contributed by atoms with Crippen molar-refractivity contribution in [2.75, 3.05) is 29.9 Å². The molecule has 0 aromatic carbocycles. The van der Waals surface area contributed by atoms with E-state index in [1.807, 2.05) is 13.0 Å². The van der Waals surface area contributed by atoms with Crippen LogP contribution in [0.4, 0.5) is 11.6 Å². The fraction of sp³-hybridized carbons (Fsp3) is 0.562. The number of piperidine rings is 1. The van der Waals surface area contributed by atoms with Crippen molar-refractivity contribution in [1.82, 2.24) is 15.0 Å². The lowest BCUT2D eigenvalue weighted by Gasteiger charge is -2.32. The van der Waals surface area contributed by atoms with Crippen LogP contribution in [-0.2, 0) is 6.54 Å². The fourth-order valence-electron chi connectivity index (χ4n) is 2.95. The minimum absolute atomic E-state index is 0.245. The molecule has 7 heteroatoms. The fourth-order valence-corrected chi connectivity index (χ4v) is 3.78. The Bertz CT molecular complexity index is 660. The summed E-state index contributed by atoms with van der Waals surface area (Å²) in [5.41, 5.74) is 1.07. The molecule has 0 spiro atoms. The highest BCUT2D eigenvalue weighted by molar-refractivity contribution is 7.11. The van der Waals surface area contributed by atoms with Crippen LogP contribution in [0.3, 0.4) is 0 Å². The molecule has 3 rings (SSSR count). The van der Waals surface area contributed by atoms with Gasteiger partial charge in [-0.1, -0.05) is 0 Å². The first kappa shape index (κ1) is 16.1. The van der Waals surface area contributed by atoms with Crippen LogP contribution in [-0.4, -0.2) is 39.8 Å². The second kappa shape index (κ2) is 7.23. The predicted octanol–water partition coefficient (Wildman–Crippen LogP) is 2.37. The maximum absolute atomic E-state index is 9.37. The molecule has 1 fully saturated rings. The van der Waals surface area contributed by atoms with E-state index in [1.165, 1.54) is 4.88 Å². The molecule has 1 unspecified atom stereocenters. The Kier molecular flexibility index (Phi) is 5.07. The minimum Gasteiger partial charge on any atom is -0.396 e. The van der Waals surface area contributed by atoms with Gasteiger partial charge in [0.05, 0.1) is 17.2 Å². The van der Waals surface area contributed by atoms with E-state index in [9.17, 15) is 5.11 Å². The number of aliphatic hydroxyl groups excluding tert-OH is 1. The zero-order valence-corrected chi connectivity index (χ0v) is 14.4. The number of nitrogens with one attached hydrogen (secondary N) is 1. The average Bonchev–Trinajstić information content (AvgIpc) is 2.91. The SMILES string of the molecule is Cc1nc(CNc2cc(N3CCCC(CO)C3)ncn2)c(C)s1. The molecule has 0 amide bonds. The van der Waals surface area contributed by atoms with Gasteiger partial charge in [0, 0.05) is 30.6 Å². The first-order valence-corrected chi connectivity index (χ1v) is 8.82. The van der Waals surface area contributed by atoms with Gasteiger partial charge in [-0.15, -0.1) is 11.3 Å². The molecular formula is C16H23N5OS. The maximum Gasteiger partial charge on any atom is 0.134 e. The standard InChI is InChI=1S/C16H23N5OS/c1-11-14(20-12(2)23-11)7-17-15-6-16(19-10-18-15)21-5-3-4-13(8-21)9-22/h6,10,13,22H,3-5,7-9H2,1-2H3,(H,17,18,19). The summed E-state index contributed by atoms with van der Waals surface area (Å²) >= 11 is 1.72. The van der Waals surface area contributed by atoms with Gasteiger partial charge in [0.2, 0.25) is 0 Å². The van der Waals surface area contributed by atoms with E-state index in [1.54, 1.807) is 17.7 Å². The van der Waals surface area contributed by atoms with Crippen LogP contribution in [0.15, 0.2) is 12.4 Å². The lowest BCUT2D eigenvalue weighted by Crippen LogP contribution is -2.37. The molecule has 1 aliphatic rings. The third-order valence-electron chi connectivity index (χ3n) is 4.19. The predicted molar refractivity (Wildman–Crippen MR) is 93.0 cm³/mol. The molecule has 1 saturated heterocycles. The molecule has 2 N–H and O–H groups in total. The molecule has 0 aliphatic carbocycles. The number of aliphatic hydroxyl groups is 1. The van der Waals surface area contributed by atoms with Gasteiger partial charge in [0.15, 0.2) is 0 Å². The Morgan fingerprint density at radius 2 is 2.26 bits per heavy atom. The Hall–Kier alpha value is -1.73. The van der Waals surface area contributed by atoms with Crippen molar-refractivity contribution in [3.63, 3.8) is 0 Å². The third kappa shape index (κ3) is 3.97. The topological polar surface area (TPSA) is 74.2 Å². The van der Waals surface area contributed by atoms with E-state index in [4.69, 9.17) is 0 Å². The zero-order valence-electron chi connectivity index (χ0n) is 13.6. The van der Waals surface area contributed by atoms with Crippen molar-refractivity contribution in [3.05, 3.63) is 28.0 Å². The number of aromatic nitrogens is 3. The molecule has 1 atom stereocenters. The lowest BCUT2D eigenvalue weighted by atomic mass is 9.99. The Morgan fingerprint density at radius 1 is 1.39 bits per heavy atom. The van der Waals surface area contributed by atoms with E-state index in [-0.39, 0.29) is 6.61 Å². The highest BCUT2D eigenvalue weighted by Gasteiger charge is 2.20. The average molecular weight is 333 g/mol. The Balaban J connectivity index is 1.66. The zero-order chi connectivity index (χ0) is 16.2. The van der Waals surface area contributed by atoms with Crippen LogP contribution < -0.4 is 10.2 Å². The summed E-state index contributed by atoms with van der Waals surface area (Å²) in [7, 11) is 0. The molecule has 1 aliphatic heterocycles. The van der Waals surface area contributed by atoms with Gasteiger partial charge >= 0.3 is 0 Å². The van der Waals surface area contributed by atoms with E-state index < -0.39 is 0 Å². The summed E-state index contributed by atoms with van der Waals surface area (Å²) in [5.74, 6) is 2.08. The summed E-state index contributed by atoms with van der Waals surface area (Å²) in [6, 6.07) is 1.98. The summed E-state index contributed by atoms with van der Waals surface area (Å²) in [6.45, 7) is 6.88. The Morgan fingerprint density at radius 3 is 3.00 bits per heavy atom. The number of thiazole rings is 1. The molecule has 124 valence electrons. The first-order chi connectivity index (χ1) is 11.2. The smallest absolute Gasteiger partial charge is 0.134 e. The molecule has 3 heterocycles. The van der Waals surface area contributed by atoms with Crippen molar-refractivity contribution < 1.29 is 5.11 Å². The number of nitrogens with zero attached hydrogens (tertiary/aromatic N) is 4. The van der Waals surface area contributed by atoms with E-state index in [0.717, 1.165) is 48.3 Å². The third-order valence-corrected chi connectivity index (χ3v) is 5.12. The van der Waals surface area contributed by atoms with Crippen molar-refractivity contribution in [2.24, 2.45) is 5.92 Å². The monoisotopic (exact) mass is 333 g/mol. The number of aryl methyl sites for hydroxylation is 2. The molecule has 2 aromatic heterocycles. The second-order valence-corrected chi connectivity index (χ2v) is 7.39. The highest BCUT2D eigenvalue weighted by atomic mass is 32.1. The summed E-state index contributed by atoms with van der Waals surface area (Å²) in [5, 5.41) is 13.8. The molecular weight excluding hydrogens is 310 g/mol. The molecule has 6 nitrogen and oxygen atoms in total. The van der Waals surface area contributed by atoms with Crippen molar-refractivity contribution >= 4 is 23.0 Å². The van der Waals surface area contributed by atoms with Crippen LogP contribution in [0.2, 0.25) is 0 Å². The normalized spacial score (nSPS) is 18.2. The minimum atomic E-state index is 0.245. The molecule has 0 bridgehead atoms. The highest BCUT2D eigenvalue weighted by Crippen LogP contribution is 2.23. The molecule has 2 aromatic rings. The largest absolute Gasteiger partial charge is 0.396 e. The van der Waals surface area contributed by atoms with Gasteiger partial charge in [-0.25, -0.2) is 15.0 Å². The van der Waals surface area contributed by atoms with E-state index in [2.05, 4.69) is 32.1 Å². The van der Waals surface area contributed by atoms with E-state index >= 15 is 0 Å². The quantitative estimate of drug-likeness (QED) is 0.875. The summed E-state index contributed by atoms with van der Waals surface area (Å²) in [4.78, 5) is 16.7. The second-order valence-electron chi connectivity index (χ2n) is 5.99. The lowest BCUT2D eigenvalue weighted by molar-refractivity contribution is 0.208. The van der Waals surface area contributed by atoms with Crippen molar-refractivity contribution in [1.29, 1.82) is 0 Å². The van der Waals surface area contributed by atoms with Crippen LogP contribution in [0.25, 0.3) is 0 Å². The van der Waals surface area contributed by atoms with Gasteiger partial charge in [-0.2, -0.15) is 0 Å². The number of hydrogen-bond acceptors (Lipinski definition) is 7. The van der Waals surface area contributed by atoms with Gasteiger partial charge in [-0.3, -0.25) is 0 Å². The number of anilines is 2. The van der Waals surface area contributed by atoms with Gasteiger partial charge < -0.3 is 15.3 Å². The van der Waals surface area contributed by atoms with Crippen molar-refractivity contribution in [3.8, 4) is 0 Å². The number of hydrogen-bond donors (Lipinski definition) is 2. The molecule has 0 radical (unpaired) electrons. The Labute approximate surface area is 140 Å². The van der Waals surface area contributed by atoms with Gasteiger partial charge in [0.1, 0.15) is 18.0 Å². The maximum atomic E-state index is 9.37. The molecule has 0 saturated carbocycles.